The van der Waals surface area contributed by atoms with Crippen LogP contribution >= 0.6 is 0 Å². The minimum atomic E-state index is 0.0708. The lowest BCUT2D eigenvalue weighted by atomic mass is 10.1. The fourth-order valence-corrected chi connectivity index (χ4v) is 1.75. The van der Waals surface area contributed by atoms with Gasteiger partial charge in [0.05, 0.1) is 0 Å². The Labute approximate surface area is 80.5 Å². The van der Waals surface area contributed by atoms with Crippen LogP contribution in [0.2, 0.25) is 0 Å². The third kappa shape index (κ3) is 2.99. The molecule has 1 N–H and O–H groups in total. The van der Waals surface area contributed by atoms with Gasteiger partial charge >= 0.3 is 0 Å². The van der Waals surface area contributed by atoms with Crippen molar-refractivity contribution in [3.05, 3.63) is 0 Å². The molecule has 1 amide bonds. The number of nitrogens with one attached hydrogen (secondary N) is 1. The van der Waals surface area contributed by atoms with Gasteiger partial charge in [0.25, 0.3) is 0 Å². The summed E-state index contributed by atoms with van der Waals surface area (Å²) in [4.78, 5) is 13.5. The molecule has 1 aliphatic rings. The number of carbonyl (C=O) groups excluding carboxylic acids is 1. The summed E-state index contributed by atoms with van der Waals surface area (Å²) in [5.41, 5.74) is 0.0708. The molecule has 1 aliphatic heterocycles. The third-order valence-corrected chi connectivity index (χ3v) is 2.45. The first kappa shape index (κ1) is 10.5. The monoisotopic (exact) mass is 184 g/mol. The van der Waals surface area contributed by atoms with Gasteiger partial charge in [0.2, 0.25) is 5.91 Å². The van der Waals surface area contributed by atoms with E-state index in [2.05, 4.69) is 19.2 Å². The Morgan fingerprint density at radius 1 is 1.54 bits per heavy atom. The van der Waals surface area contributed by atoms with E-state index >= 15 is 0 Å². The van der Waals surface area contributed by atoms with Crippen LogP contribution in [0.25, 0.3) is 0 Å². The Morgan fingerprint density at radius 3 is 2.85 bits per heavy atom. The second kappa shape index (κ2) is 4.09. The minimum absolute atomic E-state index is 0.0708. The average molecular weight is 184 g/mol. The number of hydrogen-bond donors (Lipinski definition) is 1. The molecule has 1 heterocycles. The van der Waals surface area contributed by atoms with Crippen LogP contribution in [0.3, 0.4) is 0 Å². The van der Waals surface area contributed by atoms with Gasteiger partial charge in [-0.25, -0.2) is 0 Å². The van der Waals surface area contributed by atoms with Crippen molar-refractivity contribution in [2.45, 2.75) is 39.2 Å². The van der Waals surface area contributed by atoms with Crippen LogP contribution in [0, 0.1) is 0 Å². The molecule has 0 aromatic carbocycles. The second-order valence-electron chi connectivity index (χ2n) is 4.33. The normalized spacial score (nSPS) is 22.5. The van der Waals surface area contributed by atoms with Crippen molar-refractivity contribution >= 4 is 5.91 Å². The van der Waals surface area contributed by atoms with Gasteiger partial charge in [-0.1, -0.05) is 6.92 Å². The first-order valence-electron chi connectivity index (χ1n) is 5.08. The van der Waals surface area contributed by atoms with Gasteiger partial charge in [0.15, 0.2) is 0 Å². The SMILES string of the molecule is CCC(=O)N1CCCNC(C)(C)C1. The molecule has 0 saturated carbocycles. The predicted octanol–water partition coefficient (Wildman–Crippen LogP) is 0.997. The summed E-state index contributed by atoms with van der Waals surface area (Å²) in [6.45, 7) is 8.97. The van der Waals surface area contributed by atoms with Crippen LogP contribution in [0.15, 0.2) is 0 Å². The molecule has 0 spiro atoms. The van der Waals surface area contributed by atoms with E-state index in [9.17, 15) is 4.79 Å². The topological polar surface area (TPSA) is 32.3 Å². The highest BCUT2D eigenvalue weighted by Gasteiger charge is 2.25. The first-order valence-corrected chi connectivity index (χ1v) is 5.08. The number of carbonyl (C=O) groups is 1. The molecule has 1 fully saturated rings. The Hall–Kier alpha value is -0.570. The summed E-state index contributed by atoms with van der Waals surface area (Å²) in [5.74, 6) is 0.275. The van der Waals surface area contributed by atoms with Crippen LogP contribution in [0.1, 0.15) is 33.6 Å². The van der Waals surface area contributed by atoms with Crippen molar-refractivity contribution in [3.8, 4) is 0 Å². The van der Waals surface area contributed by atoms with Crippen molar-refractivity contribution in [1.29, 1.82) is 0 Å². The highest BCUT2D eigenvalue weighted by Crippen LogP contribution is 2.11. The maximum Gasteiger partial charge on any atom is 0.222 e. The van der Waals surface area contributed by atoms with Crippen molar-refractivity contribution in [3.63, 3.8) is 0 Å². The van der Waals surface area contributed by atoms with Crippen LogP contribution in [0.4, 0.5) is 0 Å². The van der Waals surface area contributed by atoms with Crippen LogP contribution < -0.4 is 5.32 Å². The van der Waals surface area contributed by atoms with Gasteiger partial charge in [-0.3, -0.25) is 4.79 Å². The van der Waals surface area contributed by atoms with Crippen LogP contribution in [-0.2, 0) is 4.79 Å². The Bertz CT molecular complexity index is 189. The molecule has 13 heavy (non-hydrogen) atoms. The number of nitrogens with zero attached hydrogens (tertiary/aromatic N) is 1. The summed E-state index contributed by atoms with van der Waals surface area (Å²) < 4.78 is 0. The average Bonchev–Trinajstić information content (AvgIpc) is 2.25. The Morgan fingerprint density at radius 2 is 2.23 bits per heavy atom. The summed E-state index contributed by atoms with van der Waals surface area (Å²) in [7, 11) is 0. The quantitative estimate of drug-likeness (QED) is 0.659. The van der Waals surface area contributed by atoms with Gasteiger partial charge in [-0.05, 0) is 26.8 Å². The van der Waals surface area contributed by atoms with Crippen molar-refractivity contribution < 1.29 is 4.79 Å². The lowest BCUT2D eigenvalue weighted by Crippen LogP contribution is -2.47. The molecule has 76 valence electrons. The molecule has 0 aliphatic carbocycles. The van der Waals surface area contributed by atoms with E-state index in [1.165, 1.54) is 0 Å². The maximum absolute atomic E-state index is 11.5. The molecule has 0 radical (unpaired) electrons. The maximum atomic E-state index is 11.5. The third-order valence-electron chi connectivity index (χ3n) is 2.45. The number of hydrogen-bond acceptors (Lipinski definition) is 2. The van der Waals surface area contributed by atoms with Gasteiger partial charge in [0.1, 0.15) is 0 Å². The Kier molecular flexibility index (Phi) is 3.31. The molecule has 0 atom stereocenters. The van der Waals surface area contributed by atoms with E-state index in [4.69, 9.17) is 0 Å². The van der Waals surface area contributed by atoms with Crippen LogP contribution in [-0.4, -0.2) is 36.0 Å². The fraction of sp³-hybridized carbons (Fsp3) is 0.900. The molecule has 0 bridgehead atoms. The van der Waals surface area contributed by atoms with Crippen molar-refractivity contribution in [2.24, 2.45) is 0 Å². The lowest BCUT2D eigenvalue weighted by Gasteiger charge is -2.29. The zero-order valence-corrected chi connectivity index (χ0v) is 8.89. The highest BCUT2D eigenvalue weighted by molar-refractivity contribution is 5.75. The van der Waals surface area contributed by atoms with Gasteiger partial charge in [-0.15, -0.1) is 0 Å². The van der Waals surface area contributed by atoms with Crippen LogP contribution in [0.5, 0.6) is 0 Å². The molecule has 0 aromatic rings. The van der Waals surface area contributed by atoms with E-state index in [0.717, 1.165) is 26.1 Å². The molecule has 1 saturated heterocycles. The molecule has 1 rings (SSSR count). The molecular weight excluding hydrogens is 164 g/mol. The molecule has 0 aromatic heterocycles. The predicted molar refractivity (Wildman–Crippen MR) is 53.6 cm³/mol. The van der Waals surface area contributed by atoms with Gasteiger partial charge in [-0.2, -0.15) is 0 Å². The summed E-state index contributed by atoms with van der Waals surface area (Å²) in [6, 6.07) is 0. The number of amides is 1. The lowest BCUT2D eigenvalue weighted by molar-refractivity contribution is -0.131. The van der Waals surface area contributed by atoms with Crippen molar-refractivity contribution in [2.75, 3.05) is 19.6 Å². The standard InChI is InChI=1S/C10H20N2O/c1-4-9(13)12-7-5-6-11-10(2,3)8-12/h11H,4-8H2,1-3H3. The summed E-state index contributed by atoms with van der Waals surface area (Å²) >= 11 is 0. The van der Waals surface area contributed by atoms with E-state index in [1.807, 2.05) is 11.8 Å². The first-order chi connectivity index (χ1) is 6.05. The highest BCUT2D eigenvalue weighted by atomic mass is 16.2. The van der Waals surface area contributed by atoms with Gasteiger partial charge in [0, 0.05) is 25.0 Å². The zero-order chi connectivity index (χ0) is 9.90. The smallest absolute Gasteiger partial charge is 0.222 e. The summed E-state index contributed by atoms with van der Waals surface area (Å²) in [6.07, 6.45) is 1.69. The minimum Gasteiger partial charge on any atom is -0.341 e. The van der Waals surface area contributed by atoms with E-state index in [0.29, 0.717) is 6.42 Å². The number of rotatable bonds is 1. The Balaban J connectivity index is 2.59. The fourth-order valence-electron chi connectivity index (χ4n) is 1.75. The molecule has 3 nitrogen and oxygen atoms in total. The summed E-state index contributed by atoms with van der Waals surface area (Å²) in [5, 5.41) is 3.44. The largest absolute Gasteiger partial charge is 0.341 e. The zero-order valence-electron chi connectivity index (χ0n) is 8.89. The molecular formula is C10H20N2O. The molecule has 3 heteroatoms. The second-order valence-corrected chi connectivity index (χ2v) is 4.33. The van der Waals surface area contributed by atoms with E-state index in [1.54, 1.807) is 0 Å². The van der Waals surface area contributed by atoms with Gasteiger partial charge < -0.3 is 10.2 Å². The molecule has 0 unspecified atom stereocenters. The van der Waals surface area contributed by atoms with Crippen molar-refractivity contribution in [1.82, 2.24) is 10.2 Å². The van der Waals surface area contributed by atoms with E-state index in [-0.39, 0.29) is 11.4 Å². The van der Waals surface area contributed by atoms with E-state index < -0.39 is 0 Å².